The second-order valence-corrected chi connectivity index (χ2v) is 16.9. The average Bonchev–Trinajstić information content (AvgIpc) is 3.91. The van der Waals surface area contributed by atoms with Crippen LogP contribution in [0.3, 0.4) is 0 Å². The first kappa shape index (κ1) is 42.9. The van der Waals surface area contributed by atoms with E-state index in [1.807, 2.05) is 72.8 Å². The molecule has 0 saturated heterocycles. The zero-order valence-electron chi connectivity index (χ0n) is 34.7. The van der Waals surface area contributed by atoms with Crippen molar-refractivity contribution in [2.75, 3.05) is 0 Å². The highest BCUT2D eigenvalue weighted by molar-refractivity contribution is 5.82. The molecule has 8 atom stereocenters. The molecule has 0 bridgehead atoms. The number of aliphatic hydroxyl groups excluding tert-OH is 4. The largest absolute Gasteiger partial charge is 0.387 e. The lowest BCUT2D eigenvalue weighted by atomic mass is 10.0. The number of imidazole rings is 4. The molecule has 0 radical (unpaired) electrons. The van der Waals surface area contributed by atoms with E-state index in [1.54, 1.807) is 18.3 Å². The number of aromatic amines is 4. The molecule has 8 aromatic rings. The number of hydrogen-bond donors (Lipinski definition) is 12. The van der Waals surface area contributed by atoms with Gasteiger partial charge in [-0.05, 0) is 49.9 Å². The minimum absolute atomic E-state index is 0.135. The molecule has 336 valence electrons. The third-order valence-electron chi connectivity index (χ3n) is 12.9. The van der Waals surface area contributed by atoms with Gasteiger partial charge in [0.1, 0.15) is 0 Å². The Kier molecular flexibility index (Phi) is 11.4. The number of hydrogen-bond acceptors (Lipinski definition) is 12. The van der Waals surface area contributed by atoms with Gasteiger partial charge >= 0.3 is 22.8 Å². The number of aliphatic hydroxyl groups is 4. The predicted molar refractivity (Wildman–Crippen MR) is 240 cm³/mol. The van der Waals surface area contributed by atoms with Gasteiger partial charge in [-0.25, -0.2) is 19.2 Å². The van der Waals surface area contributed by atoms with Crippen LogP contribution in [0.25, 0.3) is 44.1 Å². The lowest BCUT2D eigenvalue weighted by Gasteiger charge is -2.15. The van der Waals surface area contributed by atoms with E-state index in [1.165, 1.54) is 0 Å². The second kappa shape index (κ2) is 17.0. The minimum Gasteiger partial charge on any atom is -0.387 e. The summed E-state index contributed by atoms with van der Waals surface area (Å²) in [5.74, 6) is 0. The summed E-state index contributed by atoms with van der Waals surface area (Å²) >= 11 is 0. The fourth-order valence-corrected chi connectivity index (χ4v) is 9.47. The van der Waals surface area contributed by atoms with Crippen LogP contribution in [0, 0.1) is 0 Å². The molecule has 0 spiro atoms. The van der Waals surface area contributed by atoms with Crippen molar-refractivity contribution in [2.24, 2.45) is 22.9 Å². The summed E-state index contributed by atoms with van der Waals surface area (Å²) in [6.07, 6.45) is -0.405. The van der Waals surface area contributed by atoms with Crippen molar-refractivity contribution in [3.05, 3.63) is 137 Å². The maximum Gasteiger partial charge on any atom is 0.326 e. The van der Waals surface area contributed by atoms with Gasteiger partial charge in [0.05, 0.1) is 68.5 Å². The first-order chi connectivity index (χ1) is 30.7. The van der Waals surface area contributed by atoms with Crippen LogP contribution < -0.4 is 45.7 Å². The molecular weight excluding hydrogens is 825 g/mol. The molecule has 20 heteroatoms. The molecule has 4 aliphatic rings. The van der Waals surface area contributed by atoms with Gasteiger partial charge in [0.2, 0.25) is 0 Å². The Morgan fingerprint density at radius 2 is 0.578 bits per heavy atom. The van der Waals surface area contributed by atoms with Crippen molar-refractivity contribution >= 4 is 44.1 Å². The van der Waals surface area contributed by atoms with Crippen molar-refractivity contribution in [3.63, 3.8) is 0 Å². The number of benzene rings is 4. The van der Waals surface area contributed by atoms with E-state index in [-0.39, 0.29) is 46.9 Å². The third kappa shape index (κ3) is 7.42. The summed E-state index contributed by atoms with van der Waals surface area (Å²) in [5, 5.41) is 40.3. The second-order valence-electron chi connectivity index (χ2n) is 16.9. The maximum atomic E-state index is 11.7. The Hall–Kier alpha value is -6.36. The fraction of sp³-hybridized carbons (Fsp3) is 0.364. The SMILES string of the molecule is N[C@@H]1CCn2c(=O)[nH]c3cccc(c32)[C@@H]1O.N[C@@H]1CCn2c(=O)[nH]c3cccc(c32)[C@H]1O.N[C@H]1CCn2c(=O)[nH]c3cccc(c32)[C@@H]1O.N[C@H]1CCn2c(=O)[nH]c3cccc(c32)[C@H]1O. The van der Waals surface area contributed by atoms with Gasteiger partial charge in [-0.1, -0.05) is 48.5 Å². The molecule has 4 aromatic carbocycles. The number of nitrogens with zero attached hydrogens (tertiary/aromatic N) is 4. The number of para-hydroxylation sites is 4. The van der Waals surface area contributed by atoms with Gasteiger partial charge in [-0.2, -0.15) is 0 Å². The number of aromatic nitrogens is 8. The van der Waals surface area contributed by atoms with E-state index in [0.717, 1.165) is 66.4 Å². The van der Waals surface area contributed by atoms with Crippen LogP contribution in [-0.2, 0) is 26.2 Å². The van der Waals surface area contributed by atoms with Crippen LogP contribution in [-0.4, -0.2) is 82.8 Å². The Morgan fingerprint density at radius 3 is 0.781 bits per heavy atom. The predicted octanol–water partition coefficient (Wildman–Crippen LogP) is 0.376. The van der Waals surface area contributed by atoms with Crippen molar-refractivity contribution in [1.29, 1.82) is 0 Å². The fourth-order valence-electron chi connectivity index (χ4n) is 9.47. The van der Waals surface area contributed by atoms with E-state index >= 15 is 0 Å². The van der Waals surface area contributed by atoms with Gasteiger partial charge in [-0.3, -0.25) is 18.3 Å². The molecular formula is C44H52N12O8. The molecule has 16 N–H and O–H groups in total. The highest BCUT2D eigenvalue weighted by Crippen LogP contribution is 2.32. The molecule has 0 saturated carbocycles. The van der Waals surface area contributed by atoms with Crippen molar-refractivity contribution in [1.82, 2.24) is 38.2 Å². The first-order valence-corrected chi connectivity index (χ1v) is 21.3. The molecule has 0 unspecified atom stereocenters. The molecule has 8 heterocycles. The zero-order valence-corrected chi connectivity index (χ0v) is 34.7. The smallest absolute Gasteiger partial charge is 0.326 e. The number of H-pyrrole nitrogens is 4. The standard InChI is InChI=1S/4C11H13N3O2/c4*12-7-4-5-14-9-6(10(7)15)2-1-3-8(9)13-11(14)16/h4*1-3,7,10,15H,4-5,12H2,(H,13,16)/t2*7-,10+;2*7-,10-/m1010/s1. The molecule has 4 aromatic heterocycles. The van der Waals surface area contributed by atoms with E-state index < -0.39 is 24.4 Å². The van der Waals surface area contributed by atoms with E-state index in [0.29, 0.717) is 51.9 Å². The molecule has 0 aliphatic carbocycles. The quantitative estimate of drug-likeness (QED) is 0.0984. The third-order valence-corrected chi connectivity index (χ3v) is 12.9. The summed E-state index contributed by atoms with van der Waals surface area (Å²) in [4.78, 5) is 57.9. The van der Waals surface area contributed by atoms with Crippen LogP contribution in [0.15, 0.2) is 92.0 Å². The van der Waals surface area contributed by atoms with Gasteiger partial charge in [0, 0.05) is 72.6 Å². The summed E-state index contributed by atoms with van der Waals surface area (Å²) in [6.45, 7) is 2.20. The molecule has 20 nitrogen and oxygen atoms in total. The lowest BCUT2D eigenvalue weighted by Crippen LogP contribution is -2.28. The zero-order chi connectivity index (χ0) is 45.1. The monoisotopic (exact) mass is 876 g/mol. The van der Waals surface area contributed by atoms with Crippen LogP contribution >= 0.6 is 0 Å². The molecule has 0 amide bonds. The Balaban J connectivity index is 0.000000108. The Morgan fingerprint density at radius 1 is 0.375 bits per heavy atom. The molecule has 4 aliphatic heterocycles. The molecule has 12 rings (SSSR count). The van der Waals surface area contributed by atoms with Crippen molar-refractivity contribution in [3.8, 4) is 0 Å². The van der Waals surface area contributed by atoms with Crippen molar-refractivity contribution in [2.45, 2.75) is 100 Å². The summed E-state index contributed by atoms with van der Waals surface area (Å²) < 4.78 is 6.61. The molecule has 64 heavy (non-hydrogen) atoms. The number of nitrogens with two attached hydrogens (primary N) is 4. The number of nitrogens with one attached hydrogen (secondary N) is 4. The summed E-state index contributed by atoms with van der Waals surface area (Å²) in [7, 11) is 0. The summed E-state index contributed by atoms with van der Waals surface area (Å²) in [6, 6.07) is 20.6. The van der Waals surface area contributed by atoms with E-state index in [9.17, 15) is 39.6 Å². The maximum absolute atomic E-state index is 11.7. The van der Waals surface area contributed by atoms with Crippen LogP contribution in [0.2, 0.25) is 0 Å². The van der Waals surface area contributed by atoms with Gasteiger partial charge in [0.25, 0.3) is 0 Å². The van der Waals surface area contributed by atoms with Gasteiger partial charge < -0.3 is 63.3 Å². The highest BCUT2D eigenvalue weighted by atomic mass is 16.3. The topological polar surface area (TPSA) is 336 Å². The van der Waals surface area contributed by atoms with Gasteiger partial charge in [0.15, 0.2) is 0 Å². The lowest BCUT2D eigenvalue weighted by molar-refractivity contribution is 0.144. The van der Waals surface area contributed by atoms with Crippen LogP contribution in [0.1, 0.15) is 72.4 Å². The average molecular weight is 877 g/mol. The number of rotatable bonds is 0. The highest BCUT2D eigenvalue weighted by Gasteiger charge is 2.29. The van der Waals surface area contributed by atoms with Crippen LogP contribution in [0.4, 0.5) is 0 Å². The van der Waals surface area contributed by atoms with E-state index in [4.69, 9.17) is 22.9 Å². The van der Waals surface area contributed by atoms with Gasteiger partial charge in [-0.15, -0.1) is 0 Å². The normalized spacial score (nSPS) is 24.6. The summed E-state index contributed by atoms with van der Waals surface area (Å²) in [5.41, 5.74) is 32.1. The van der Waals surface area contributed by atoms with E-state index in [2.05, 4.69) is 19.9 Å². The Labute approximate surface area is 362 Å². The van der Waals surface area contributed by atoms with Crippen molar-refractivity contribution < 1.29 is 20.4 Å². The molecule has 0 fully saturated rings. The number of aryl methyl sites for hydroxylation is 4. The van der Waals surface area contributed by atoms with Crippen LogP contribution in [0.5, 0.6) is 0 Å². The minimum atomic E-state index is -0.701. The first-order valence-electron chi connectivity index (χ1n) is 21.3. The Bertz CT molecular complexity index is 2830.